The van der Waals surface area contributed by atoms with Gasteiger partial charge in [0.2, 0.25) is 5.91 Å². The van der Waals surface area contributed by atoms with Gasteiger partial charge in [0.1, 0.15) is 0 Å². The van der Waals surface area contributed by atoms with Crippen LogP contribution in [0, 0.1) is 5.92 Å². The molecule has 1 saturated carbocycles. The molecule has 25 heavy (non-hydrogen) atoms. The Morgan fingerprint density at radius 2 is 2.08 bits per heavy atom. The van der Waals surface area contributed by atoms with Crippen molar-refractivity contribution in [2.24, 2.45) is 5.92 Å². The Balaban J connectivity index is 1.65. The van der Waals surface area contributed by atoms with Gasteiger partial charge in [0.15, 0.2) is 10.8 Å². The van der Waals surface area contributed by atoms with E-state index in [4.69, 9.17) is 0 Å². The molecule has 5 nitrogen and oxygen atoms in total. The standard InChI is InChI=1S/C16H19F3N4OS/c1-10-4-2-3-5-12(10)20-14(24)9-25-15-22-21-13-7-6-11(8-23(13)15)16(17,18)19/h6-8,10,12H,2-5,9H2,1H3,(H,20,24). The van der Waals surface area contributed by atoms with Gasteiger partial charge < -0.3 is 5.32 Å². The van der Waals surface area contributed by atoms with Gasteiger partial charge >= 0.3 is 6.18 Å². The third-order valence-electron chi connectivity index (χ3n) is 4.49. The number of amides is 1. The Labute approximate surface area is 147 Å². The summed E-state index contributed by atoms with van der Waals surface area (Å²) in [5, 5.41) is 11.0. The molecule has 9 heteroatoms. The highest BCUT2D eigenvalue weighted by Crippen LogP contribution is 2.30. The molecule has 2 aromatic rings. The SMILES string of the molecule is CC1CCCCC1NC(=O)CSc1nnc2ccc(C(F)(F)F)cn12. The number of thioether (sulfide) groups is 1. The maximum Gasteiger partial charge on any atom is 0.417 e. The van der Waals surface area contributed by atoms with Gasteiger partial charge in [-0.3, -0.25) is 9.20 Å². The summed E-state index contributed by atoms with van der Waals surface area (Å²) in [4.78, 5) is 12.1. The minimum absolute atomic E-state index is 0.0975. The van der Waals surface area contributed by atoms with E-state index in [1.807, 2.05) is 0 Å². The topological polar surface area (TPSA) is 59.3 Å². The molecule has 1 amide bonds. The highest BCUT2D eigenvalue weighted by molar-refractivity contribution is 7.99. The first-order chi connectivity index (χ1) is 11.8. The van der Waals surface area contributed by atoms with Gasteiger partial charge in [-0.15, -0.1) is 10.2 Å². The van der Waals surface area contributed by atoms with Gasteiger partial charge in [-0.2, -0.15) is 13.2 Å². The van der Waals surface area contributed by atoms with Crippen LogP contribution in [0.5, 0.6) is 0 Å². The lowest BCUT2D eigenvalue weighted by Gasteiger charge is -2.29. The van der Waals surface area contributed by atoms with Crippen LogP contribution >= 0.6 is 11.8 Å². The zero-order valence-electron chi connectivity index (χ0n) is 13.7. The van der Waals surface area contributed by atoms with Gasteiger partial charge in [-0.05, 0) is 30.9 Å². The number of halogens is 3. The molecule has 1 aliphatic carbocycles. The van der Waals surface area contributed by atoms with Crippen LogP contribution < -0.4 is 5.32 Å². The van der Waals surface area contributed by atoms with Crippen molar-refractivity contribution in [2.45, 2.75) is 50.0 Å². The number of fused-ring (bicyclic) bond motifs is 1. The number of alkyl halides is 3. The normalized spacial score (nSPS) is 21.4. The number of hydrogen-bond donors (Lipinski definition) is 1. The molecule has 0 saturated heterocycles. The van der Waals surface area contributed by atoms with Crippen LogP contribution in [0.3, 0.4) is 0 Å². The molecular weight excluding hydrogens is 353 g/mol. The van der Waals surface area contributed by atoms with Crippen LogP contribution in [0.25, 0.3) is 5.65 Å². The average molecular weight is 372 g/mol. The molecule has 0 bridgehead atoms. The summed E-state index contributed by atoms with van der Waals surface area (Å²) >= 11 is 1.08. The molecule has 136 valence electrons. The predicted molar refractivity (Wildman–Crippen MR) is 88.3 cm³/mol. The van der Waals surface area contributed by atoms with Crippen LogP contribution in [0.2, 0.25) is 0 Å². The molecule has 1 fully saturated rings. The van der Waals surface area contributed by atoms with Crippen molar-refractivity contribution in [1.29, 1.82) is 0 Å². The summed E-state index contributed by atoms with van der Waals surface area (Å²) in [6.45, 7) is 2.13. The fraction of sp³-hybridized carbons (Fsp3) is 0.562. The molecule has 0 aromatic carbocycles. The number of nitrogens with one attached hydrogen (secondary N) is 1. The minimum atomic E-state index is -4.44. The molecule has 0 aliphatic heterocycles. The van der Waals surface area contributed by atoms with Crippen LogP contribution in [-0.2, 0) is 11.0 Å². The van der Waals surface area contributed by atoms with Crippen molar-refractivity contribution in [3.63, 3.8) is 0 Å². The van der Waals surface area contributed by atoms with E-state index in [0.29, 0.717) is 11.6 Å². The molecule has 2 heterocycles. The smallest absolute Gasteiger partial charge is 0.352 e. The van der Waals surface area contributed by atoms with E-state index in [2.05, 4.69) is 22.4 Å². The summed E-state index contributed by atoms with van der Waals surface area (Å²) in [6.07, 6.45) is 0.897. The summed E-state index contributed by atoms with van der Waals surface area (Å²) in [5.41, 5.74) is -0.459. The van der Waals surface area contributed by atoms with E-state index in [1.54, 1.807) is 0 Å². The minimum Gasteiger partial charge on any atom is -0.352 e. The molecule has 1 N–H and O–H groups in total. The fourth-order valence-electron chi connectivity index (χ4n) is 3.05. The van der Waals surface area contributed by atoms with E-state index in [0.717, 1.165) is 43.3 Å². The number of carbonyl (C=O) groups is 1. The first kappa shape index (κ1) is 18.0. The lowest BCUT2D eigenvalue weighted by Crippen LogP contribution is -2.41. The van der Waals surface area contributed by atoms with Crippen molar-refractivity contribution < 1.29 is 18.0 Å². The second-order valence-electron chi connectivity index (χ2n) is 6.35. The third-order valence-corrected chi connectivity index (χ3v) is 5.43. The van der Waals surface area contributed by atoms with Gasteiger partial charge in [0, 0.05) is 12.2 Å². The van der Waals surface area contributed by atoms with Crippen LogP contribution in [0.4, 0.5) is 13.2 Å². The highest BCUT2D eigenvalue weighted by atomic mass is 32.2. The Morgan fingerprint density at radius 3 is 2.80 bits per heavy atom. The highest BCUT2D eigenvalue weighted by Gasteiger charge is 2.31. The van der Waals surface area contributed by atoms with Crippen molar-refractivity contribution in [1.82, 2.24) is 19.9 Å². The van der Waals surface area contributed by atoms with Crippen LogP contribution in [0.1, 0.15) is 38.2 Å². The lowest BCUT2D eigenvalue weighted by atomic mass is 9.86. The van der Waals surface area contributed by atoms with Crippen molar-refractivity contribution >= 4 is 23.3 Å². The Hall–Kier alpha value is -1.77. The average Bonchev–Trinajstić information content (AvgIpc) is 2.96. The van der Waals surface area contributed by atoms with E-state index in [-0.39, 0.29) is 22.9 Å². The van der Waals surface area contributed by atoms with Gasteiger partial charge in [-0.1, -0.05) is 31.5 Å². The Kier molecular flexibility index (Phi) is 5.21. The van der Waals surface area contributed by atoms with Gasteiger partial charge in [-0.25, -0.2) is 0 Å². The number of rotatable bonds is 4. The Morgan fingerprint density at radius 1 is 1.32 bits per heavy atom. The van der Waals surface area contributed by atoms with E-state index < -0.39 is 11.7 Å². The van der Waals surface area contributed by atoms with Gasteiger partial charge in [0.05, 0.1) is 11.3 Å². The molecule has 3 rings (SSSR count). The number of hydrogen-bond acceptors (Lipinski definition) is 4. The van der Waals surface area contributed by atoms with Gasteiger partial charge in [0.25, 0.3) is 0 Å². The van der Waals surface area contributed by atoms with Crippen molar-refractivity contribution in [2.75, 3.05) is 5.75 Å². The second kappa shape index (κ2) is 7.23. The summed E-state index contributed by atoms with van der Waals surface area (Å²) in [5.74, 6) is 0.415. The number of pyridine rings is 1. The quantitative estimate of drug-likeness (QED) is 0.834. The maximum atomic E-state index is 12.8. The molecule has 2 aromatic heterocycles. The molecule has 0 radical (unpaired) electrons. The Bertz CT molecular complexity index is 761. The fourth-order valence-corrected chi connectivity index (χ4v) is 3.77. The number of aromatic nitrogens is 3. The van der Waals surface area contributed by atoms with E-state index in [1.165, 1.54) is 16.9 Å². The monoisotopic (exact) mass is 372 g/mol. The summed E-state index contributed by atoms with van der Waals surface area (Å²) < 4.78 is 39.8. The molecular formula is C16H19F3N4OS. The molecule has 1 aliphatic rings. The maximum absolute atomic E-state index is 12.8. The molecule has 2 unspecified atom stereocenters. The second-order valence-corrected chi connectivity index (χ2v) is 7.29. The van der Waals surface area contributed by atoms with Crippen LogP contribution in [-0.4, -0.2) is 32.3 Å². The largest absolute Gasteiger partial charge is 0.417 e. The van der Waals surface area contributed by atoms with E-state index in [9.17, 15) is 18.0 Å². The summed E-state index contributed by atoms with van der Waals surface area (Å²) in [6, 6.07) is 2.41. The lowest BCUT2D eigenvalue weighted by molar-refractivity contribution is -0.137. The van der Waals surface area contributed by atoms with Crippen LogP contribution in [0.15, 0.2) is 23.5 Å². The first-order valence-electron chi connectivity index (χ1n) is 8.19. The summed E-state index contributed by atoms with van der Waals surface area (Å²) in [7, 11) is 0. The number of carbonyl (C=O) groups excluding carboxylic acids is 1. The molecule has 0 spiro atoms. The zero-order chi connectivity index (χ0) is 18.0. The number of nitrogens with zero attached hydrogens (tertiary/aromatic N) is 3. The third kappa shape index (κ3) is 4.26. The van der Waals surface area contributed by atoms with E-state index >= 15 is 0 Å². The zero-order valence-corrected chi connectivity index (χ0v) is 14.5. The first-order valence-corrected chi connectivity index (χ1v) is 9.17. The van der Waals surface area contributed by atoms with Crippen molar-refractivity contribution in [3.05, 3.63) is 23.9 Å². The van der Waals surface area contributed by atoms with Crippen molar-refractivity contribution in [3.8, 4) is 0 Å². The predicted octanol–water partition coefficient (Wildman–Crippen LogP) is 3.54. The molecule has 2 atom stereocenters.